The molecule has 1 aromatic rings. The smallest absolute Gasteiger partial charge is 0.408 e. The van der Waals surface area contributed by atoms with Gasteiger partial charge in [0.2, 0.25) is 0 Å². The highest BCUT2D eigenvalue weighted by Gasteiger charge is 2.30. The summed E-state index contributed by atoms with van der Waals surface area (Å²) >= 11 is 0. The molecule has 0 fully saturated rings. The molecule has 29 heavy (non-hydrogen) atoms. The van der Waals surface area contributed by atoms with E-state index in [9.17, 15) is 4.79 Å². The number of hydrogen-bond acceptors (Lipinski definition) is 5. The van der Waals surface area contributed by atoms with E-state index in [2.05, 4.69) is 26.1 Å². The van der Waals surface area contributed by atoms with Gasteiger partial charge in [-0.25, -0.2) is 9.79 Å². The van der Waals surface area contributed by atoms with Gasteiger partial charge in [-0.3, -0.25) is 0 Å². The first kappa shape index (κ1) is 27.5. The van der Waals surface area contributed by atoms with E-state index in [-0.39, 0.29) is 24.0 Å². The highest BCUT2D eigenvalue weighted by atomic mass is 127. The molecule has 0 aromatic carbocycles. The molecule has 0 radical (unpaired) electrons. The van der Waals surface area contributed by atoms with Gasteiger partial charge in [-0.05, 0) is 47.0 Å². The fourth-order valence-corrected chi connectivity index (χ4v) is 2.59. The van der Waals surface area contributed by atoms with Gasteiger partial charge in [0.25, 0.3) is 0 Å². The average Bonchev–Trinajstić information content (AvgIpc) is 3.09. The average molecular weight is 523 g/mol. The fraction of sp³-hybridized carbons (Fsp3) is 0.750. The summed E-state index contributed by atoms with van der Waals surface area (Å²) < 4.78 is 10.7. The number of aryl methyl sites for hydroxylation is 1. The summed E-state index contributed by atoms with van der Waals surface area (Å²) in [6.07, 6.45) is 1.94. The molecule has 0 aliphatic rings. The van der Waals surface area contributed by atoms with Crippen molar-refractivity contribution in [2.45, 2.75) is 85.4 Å². The summed E-state index contributed by atoms with van der Waals surface area (Å²) in [5.74, 6) is 1.38. The quantitative estimate of drug-likeness (QED) is 0.257. The van der Waals surface area contributed by atoms with Gasteiger partial charge in [0.05, 0.1) is 11.2 Å². The normalized spacial score (nSPS) is 12.2. The summed E-state index contributed by atoms with van der Waals surface area (Å²) in [5.41, 5.74) is -0.0453. The van der Waals surface area contributed by atoms with Crippen LogP contribution in [0.15, 0.2) is 15.6 Å². The van der Waals surface area contributed by atoms with Crippen molar-refractivity contribution >= 4 is 36.0 Å². The number of guanidine groups is 1. The van der Waals surface area contributed by atoms with Crippen LogP contribution >= 0.6 is 24.0 Å². The van der Waals surface area contributed by atoms with Crippen molar-refractivity contribution in [3.05, 3.63) is 17.5 Å². The molecule has 3 N–H and O–H groups in total. The van der Waals surface area contributed by atoms with Gasteiger partial charge < -0.3 is 25.2 Å². The number of aromatic nitrogens is 1. The third-order valence-electron chi connectivity index (χ3n) is 4.42. The molecule has 0 aliphatic carbocycles. The third-order valence-corrected chi connectivity index (χ3v) is 4.42. The number of hydrogen-bond donors (Lipinski definition) is 3. The van der Waals surface area contributed by atoms with E-state index in [1.807, 2.05) is 54.5 Å². The van der Waals surface area contributed by atoms with Crippen LogP contribution in [-0.4, -0.2) is 41.4 Å². The molecule has 0 unspecified atom stereocenters. The van der Waals surface area contributed by atoms with E-state index < -0.39 is 17.2 Å². The first-order chi connectivity index (χ1) is 13.2. The number of carbonyl (C=O) groups is 1. The topological polar surface area (TPSA) is 101 Å². The second kappa shape index (κ2) is 12.9. The molecule has 1 heterocycles. The minimum atomic E-state index is -0.532. The maximum atomic E-state index is 12.3. The lowest BCUT2D eigenvalue weighted by atomic mass is 9.93. The number of carbonyl (C=O) groups excluding carboxylic acids is 1. The lowest BCUT2D eigenvalue weighted by Gasteiger charge is -2.34. The van der Waals surface area contributed by atoms with Crippen molar-refractivity contribution in [2.24, 2.45) is 4.99 Å². The number of alkyl carbamates (subject to hydrolysis) is 1. The first-order valence-electron chi connectivity index (χ1n) is 10.1. The Morgan fingerprint density at radius 2 is 1.83 bits per heavy atom. The van der Waals surface area contributed by atoms with Gasteiger partial charge >= 0.3 is 6.09 Å². The van der Waals surface area contributed by atoms with Gasteiger partial charge in [0.15, 0.2) is 11.7 Å². The summed E-state index contributed by atoms with van der Waals surface area (Å²) in [4.78, 5) is 16.8. The highest BCUT2D eigenvalue weighted by molar-refractivity contribution is 14.0. The Labute approximate surface area is 192 Å². The highest BCUT2D eigenvalue weighted by Crippen LogP contribution is 2.16. The van der Waals surface area contributed by atoms with E-state index >= 15 is 0 Å². The molecule has 0 spiro atoms. The number of aliphatic imine (C=N–C) groups is 1. The maximum Gasteiger partial charge on any atom is 0.408 e. The first-order valence-corrected chi connectivity index (χ1v) is 10.1. The maximum absolute atomic E-state index is 12.3. The van der Waals surface area contributed by atoms with Crippen LogP contribution in [0.4, 0.5) is 4.79 Å². The van der Waals surface area contributed by atoms with Crippen LogP contribution in [0, 0.1) is 0 Å². The molecular formula is C20H38IN5O3. The van der Waals surface area contributed by atoms with E-state index in [0.29, 0.717) is 19.0 Å². The molecule has 1 aromatic heterocycles. The fourth-order valence-electron chi connectivity index (χ4n) is 2.59. The van der Waals surface area contributed by atoms with Crippen molar-refractivity contribution in [2.75, 3.05) is 13.1 Å². The molecule has 1 rings (SSSR count). The molecule has 1 amide bonds. The Morgan fingerprint density at radius 3 is 2.31 bits per heavy atom. The van der Waals surface area contributed by atoms with Crippen LogP contribution < -0.4 is 16.0 Å². The third kappa shape index (κ3) is 10.2. The van der Waals surface area contributed by atoms with Gasteiger partial charge in [-0.15, -0.1) is 24.0 Å². The minimum Gasteiger partial charge on any atom is -0.444 e. The molecule has 8 nitrogen and oxygen atoms in total. The van der Waals surface area contributed by atoms with Gasteiger partial charge in [0.1, 0.15) is 12.1 Å². The zero-order chi connectivity index (χ0) is 21.2. The molecule has 0 atom stereocenters. The number of halogens is 1. The van der Waals surface area contributed by atoms with Crippen LogP contribution in [0.1, 0.15) is 72.8 Å². The second-order valence-electron chi connectivity index (χ2n) is 7.80. The van der Waals surface area contributed by atoms with Crippen LogP contribution in [0.2, 0.25) is 0 Å². The summed E-state index contributed by atoms with van der Waals surface area (Å²) in [6.45, 7) is 15.4. The summed E-state index contributed by atoms with van der Waals surface area (Å²) in [5, 5.41) is 13.6. The zero-order valence-electron chi connectivity index (χ0n) is 18.8. The van der Waals surface area contributed by atoms with Crippen LogP contribution in [0.25, 0.3) is 0 Å². The Bertz CT molecular complexity index is 636. The van der Waals surface area contributed by atoms with Gasteiger partial charge in [-0.2, -0.15) is 0 Å². The Morgan fingerprint density at radius 1 is 1.17 bits per heavy atom. The summed E-state index contributed by atoms with van der Waals surface area (Å²) in [7, 11) is 0. The molecule has 0 saturated heterocycles. The zero-order valence-corrected chi connectivity index (χ0v) is 21.2. The van der Waals surface area contributed by atoms with Crippen molar-refractivity contribution in [3.63, 3.8) is 0 Å². The largest absolute Gasteiger partial charge is 0.444 e. The van der Waals surface area contributed by atoms with Gasteiger partial charge in [-0.1, -0.05) is 25.9 Å². The van der Waals surface area contributed by atoms with Crippen molar-refractivity contribution in [3.8, 4) is 0 Å². The molecule has 9 heteroatoms. The van der Waals surface area contributed by atoms with E-state index in [1.54, 1.807) is 0 Å². The molecular weight excluding hydrogens is 485 g/mol. The number of nitrogens with one attached hydrogen (secondary N) is 3. The Hall–Kier alpha value is -1.52. The molecule has 0 aliphatic heterocycles. The van der Waals surface area contributed by atoms with Crippen LogP contribution in [0.3, 0.4) is 0 Å². The van der Waals surface area contributed by atoms with Crippen molar-refractivity contribution in [1.29, 1.82) is 0 Å². The van der Waals surface area contributed by atoms with Crippen LogP contribution in [-0.2, 0) is 17.7 Å². The second-order valence-corrected chi connectivity index (χ2v) is 7.80. The number of ether oxygens (including phenoxy) is 1. The molecule has 0 saturated carbocycles. The predicted molar refractivity (Wildman–Crippen MR) is 127 cm³/mol. The standard InChI is InChI=1S/C20H37N5O3.HI/c1-8-15-12-16(28-25-15)13-22-17(21-11-4)23-14-20(9-2,10-3)24-18(26)27-19(5,6)7;/h12H,8-11,13-14H2,1-7H3,(H,24,26)(H2,21,22,23);1H. The van der Waals surface area contributed by atoms with Crippen molar-refractivity contribution in [1.82, 2.24) is 21.1 Å². The van der Waals surface area contributed by atoms with Crippen LogP contribution in [0.5, 0.6) is 0 Å². The molecule has 168 valence electrons. The minimum absolute atomic E-state index is 0. The number of rotatable bonds is 9. The predicted octanol–water partition coefficient (Wildman–Crippen LogP) is 3.99. The van der Waals surface area contributed by atoms with Crippen molar-refractivity contribution < 1.29 is 14.1 Å². The summed E-state index contributed by atoms with van der Waals surface area (Å²) in [6, 6.07) is 1.92. The Balaban J connectivity index is 0.00000784. The SMILES string of the molecule is CCNC(=NCc1cc(CC)no1)NCC(CC)(CC)NC(=O)OC(C)(C)C.I. The number of amides is 1. The van der Waals surface area contributed by atoms with E-state index in [4.69, 9.17) is 9.26 Å². The Kier molecular flexibility index (Phi) is 12.2. The van der Waals surface area contributed by atoms with Gasteiger partial charge in [0, 0.05) is 19.2 Å². The number of nitrogens with zero attached hydrogens (tertiary/aromatic N) is 2. The monoisotopic (exact) mass is 523 g/mol. The lowest BCUT2D eigenvalue weighted by molar-refractivity contribution is 0.0448. The van der Waals surface area contributed by atoms with E-state index in [1.165, 1.54) is 0 Å². The molecule has 0 bridgehead atoms. The lowest BCUT2D eigenvalue weighted by Crippen LogP contribution is -2.57. The van der Waals surface area contributed by atoms with E-state index in [0.717, 1.165) is 37.3 Å².